The lowest BCUT2D eigenvalue weighted by molar-refractivity contribution is -0.121. The summed E-state index contributed by atoms with van der Waals surface area (Å²) in [6, 6.07) is 18.0. The van der Waals surface area contributed by atoms with Crippen molar-refractivity contribution < 1.29 is 4.79 Å². The number of para-hydroxylation sites is 1. The fourth-order valence-electron chi connectivity index (χ4n) is 2.59. The molecule has 1 heterocycles. The number of hydrazone groups is 1. The van der Waals surface area contributed by atoms with Crippen molar-refractivity contribution >= 4 is 23.0 Å². The topological polar surface area (TPSA) is 57.2 Å². The maximum atomic E-state index is 11.9. The van der Waals surface area contributed by atoms with Crippen LogP contribution in [0.25, 0.3) is 10.9 Å². The van der Waals surface area contributed by atoms with Crippen molar-refractivity contribution in [2.75, 3.05) is 0 Å². The molecular formula is C19H19N3O. The lowest BCUT2D eigenvalue weighted by atomic mass is 10.1. The normalized spacial score (nSPS) is 11.2. The number of benzene rings is 2. The van der Waals surface area contributed by atoms with Crippen LogP contribution in [-0.4, -0.2) is 17.1 Å². The van der Waals surface area contributed by atoms with Gasteiger partial charge in [0.1, 0.15) is 0 Å². The SMILES string of the molecule is Cc1[nH]c2ccccc2c1C=NNC(=O)CCc1ccccc1. The Bertz CT molecular complexity index is 834. The van der Waals surface area contributed by atoms with E-state index in [9.17, 15) is 4.79 Å². The molecule has 3 aromatic rings. The predicted molar refractivity (Wildman–Crippen MR) is 93.5 cm³/mol. The fraction of sp³-hybridized carbons (Fsp3) is 0.158. The highest BCUT2D eigenvalue weighted by Gasteiger charge is 2.05. The Morgan fingerprint density at radius 3 is 2.70 bits per heavy atom. The molecule has 116 valence electrons. The lowest BCUT2D eigenvalue weighted by Crippen LogP contribution is -2.17. The summed E-state index contributed by atoms with van der Waals surface area (Å²) in [6.45, 7) is 2.00. The predicted octanol–water partition coefficient (Wildman–Crippen LogP) is 3.56. The molecule has 0 aliphatic heterocycles. The van der Waals surface area contributed by atoms with E-state index in [1.807, 2.05) is 61.5 Å². The van der Waals surface area contributed by atoms with Crippen LogP contribution in [0.1, 0.15) is 23.2 Å². The van der Waals surface area contributed by atoms with Crippen molar-refractivity contribution in [2.24, 2.45) is 5.10 Å². The number of aryl methyl sites for hydroxylation is 2. The van der Waals surface area contributed by atoms with Crippen LogP contribution in [0.5, 0.6) is 0 Å². The minimum Gasteiger partial charge on any atom is -0.358 e. The molecule has 0 spiro atoms. The van der Waals surface area contributed by atoms with E-state index < -0.39 is 0 Å². The highest BCUT2D eigenvalue weighted by molar-refractivity contribution is 6.00. The number of hydrogen-bond donors (Lipinski definition) is 2. The van der Waals surface area contributed by atoms with Gasteiger partial charge >= 0.3 is 0 Å². The summed E-state index contributed by atoms with van der Waals surface area (Å²) in [5.41, 5.74) is 6.86. The summed E-state index contributed by atoms with van der Waals surface area (Å²) in [7, 11) is 0. The zero-order valence-electron chi connectivity index (χ0n) is 13.0. The molecule has 0 radical (unpaired) electrons. The van der Waals surface area contributed by atoms with Crippen molar-refractivity contribution in [1.82, 2.24) is 10.4 Å². The van der Waals surface area contributed by atoms with Gasteiger partial charge in [0.2, 0.25) is 5.91 Å². The van der Waals surface area contributed by atoms with E-state index in [0.29, 0.717) is 12.8 Å². The first-order chi connectivity index (χ1) is 11.2. The van der Waals surface area contributed by atoms with Crippen molar-refractivity contribution in [3.05, 3.63) is 71.4 Å². The van der Waals surface area contributed by atoms with Crippen molar-refractivity contribution in [3.8, 4) is 0 Å². The minimum absolute atomic E-state index is 0.0809. The standard InChI is InChI=1S/C19H19N3O/c1-14-17(16-9-5-6-10-18(16)21-14)13-20-22-19(23)12-11-15-7-3-2-4-8-15/h2-10,13,21H,11-12H2,1H3,(H,22,23). The highest BCUT2D eigenvalue weighted by atomic mass is 16.2. The molecule has 2 N–H and O–H groups in total. The van der Waals surface area contributed by atoms with Gasteiger partial charge in [0.15, 0.2) is 0 Å². The molecule has 4 heteroatoms. The Labute approximate surface area is 135 Å². The Kier molecular flexibility index (Phi) is 4.52. The molecule has 0 saturated carbocycles. The number of nitrogens with one attached hydrogen (secondary N) is 2. The molecule has 0 unspecified atom stereocenters. The lowest BCUT2D eigenvalue weighted by Gasteiger charge is -2.00. The first kappa shape index (κ1) is 15.0. The molecule has 0 atom stereocenters. The van der Waals surface area contributed by atoms with Gasteiger partial charge in [0.05, 0.1) is 6.21 Å². The molecule has 1 aromatic heterocycles. The molecule has 0 saturated heterocycles. The third-order valence-corrected chi connectivity index (χ3v) is 3.81. The molecule has 4 nitrogen and oxygen atoms in total. The van der Waals surface area contributed by atoms with Gasteiger partial charge < -0.3 is 4.98 Å². The largest absolute Gasteiger partial charge is 0.358 e. The van der Waals surface area contributed by atoms with E-state index in [2.05, 4.69) is 15.5 Å². The molecule has 3 rings (SSSR count). The van der Waals surface area contributed by atoms with Crippen molar-refractivity contribution in [1.29, 1.82) is 0 Å². The maximum Gasteiger partial charge on any atom is 0.240 e. The average Bonchev–Trinajstić information content (AvgIpc) is 2.90. The average molecular weight is 305 g/mol. The monoisotopic (exact) mass is 305 g/mol. The number of rotatable bonds is 5. The van der Waals surface area contributed by atoms with Crippen LogP contribution in [0.4, 0.5) is 0 Å². The molecule has 1 amide bonds. The van der Waals surface area contributed by atoms with E-state index in [-0.39, 0.29) is 5.91 Å². The van der Waals surface area contributed by atoms with Gasteiger partial charge in [-0.3, -0.25) is 4.79 Å². The van der Waals surface area contributed by atoms with E-state index >= 15 is 0 Å². The Balaban J connectivity index is 1.60. The second-order valence-corrected chi connectivity index (χ2v) is 5.49. The highest BCUT2D eigenvalue weighted by Crippen LogP contribution is 2.19. The molecule has 0 fully saturated rings. The molecular weight excluding hydrogens is 286 g/mol. The number of hydrogen-bond acceptors (Lipinski definition) is 2. The number of nitrogens with zero attached hydrogens (tertiary/aromatic N) is 1. The van der Waals surface area contributed by atoms with Crippen LogP contribution in [0, 0.1) is 6.92 Å². The van der Waals surface area contributed by atoms with Crippen LogP contribution in [0.15, 0.2) is 59.7 Å². The number of fused-ring (bicyclic) bond motifs is 1. The van der Waals surface area contributed by atoms with Gasteiger partial charge in [-0.1, -0.05) is 48.5 Å². The van der Waals surface area contributed by atoms with Crippen LogP contribution in [0.3, 0.4) is 0 Å². The summed E-state index contributed by atoms with van der Waals surface area (Å²) in [5.74, 6) is -0.0809. The number of aromatic nitrogens is 1. The van der Waals surface area contributed by atoms with Crippen LogP contribution >= 0.6 is 0 Å². The molecule has 0 aliphatic carbocycles. The molecule has 23 heavy (non-hydrogen) atoms. The maximum absolute atomic E-state index is 11.9. The second kappa shape index (κ2) is 6.92. The summed E-state index contributed by atoms with van der Waals surface area (Å²) in [4.78, 5) is 15.2. The van der Waals surface area contributed by atoms with Gasteiger partial charge in [-0.2, -0.15) is 5.10 Å². The van der Waals surface area contributed by atoms with E-state index in [4.69, 9.17) is 0 Å². The summed E-state index contributed by atoms with van der Waals surface area (Å²) < 4.78 is 0. The van der Waals surface area contributed by atoms with Crippen molar-refractivity contribution in [3.63, 3.8) is 0 Å². The van der Waals surface area contributed by atoms with Gasteiger partial charge in [-0.15, -0.1) is 0 Å². The molecule has 0 bridgehead atoms. The fourth-order valence-corrected chi connectivity index (χ4v) is 2.59. The summed E-state index contributed by atoms with van der Waals surface area (Å²) >= 11 is 0. The zero-order chi connectivity index (χ0) is 16.1. The van der Waals surface area contributed by atoms with E-state index in [1.54, 1.807) is 6.21 Å². The first-order valence-electron chi connectivity index (χ1n) is 7.67. The first-order valence-corrected chi connectivity index (χ1v) is 7.67. The Hall–Kier alpha value is -2.88. The van der Waals surface area contributed by atoms with Gasteiger partial charge in [-0.25, -0.2) is 5.43 Å². The Morgan fingerprint density at radius 2 is 1.87 bits per heavy atom. The van der Waals surface area contributed by atoms with Crippen LogP contribution in [0.2, 0.25) is 0 Å². The quantitative estimate of drug-likeness (QED) is 0.549. The van der Waals surface area contributed by atoms with Gasteiger partial charge in [0, 0.05) is 28.6 Å². The van der Waals surface area contributed by atoms with Gasteiger partial charge in [-0.05, 0) is 25.0 Å². The smallest absolute Gasteiger partial charge is 0.240 e. The van der Waals surface area contributed by atoms with E-state index in [1.165, 1.54) is 0 Å². The minimum atomic E-state index is -0.0809. The third-order valence-electron chi connectivity index (χ3n) is 3.81. The summed E-state index contributed by atoms with van der Waals surface area (Å²) in [5, 5.41) is 5.20. The third kappa shape index (κ3) is 3.66. The summed E-state index contributed by atoms with van der Waals surface area (Å²) in [6.07, 6.45) is 2.84. The van der Waals surface area contributed by atoms with Gasteiger partial charge in [0.25, 0.3) is 0 Å². The van der Waals surface area contributed by atoms with Crippen molar-refractivity contribution in [2.45, 2.75) is 19.8 Å². The van der Waals surface area contributed by atoms with Crippen LogP contribution < -0.4 is 5.43 Å². The molecule has 0 aliphatic rings. The number of H-pyrrole nitrogens is 1. The van der Waals surface area contributed by atoms with Crippen LogP contribution in [-0.2, 0) is 11.2 Å². The zero-order valence-corrected chi connectivity index (χ0v) is 13.0. The van der Waals surface area contributed by atoms with E-state index in [0.717, 1.165) is 27.7 Å². The number of amides is 1. The number of carbonyl (C=O) groups is 1. The number of carbonyl (C=O) groups excluding carboxylic acids is 1. The Morgan fingerprint density at radius 1 is 1.13 bits per heavy atom. The molecule has 2 aromatic carbocycles. The second-order valence-electron chi connectivity index (χ2n) is 5.49. The number of aromatic amines is 1.